The Labute approximate surface area is 145 Å². The molecule has 116 valence electrons. The van der Waals surface area contributed by atoms with Crippen molar-refractivity contribution in [1.29, 1.82) is 0 Å². The maximum absolute atomic E-state index is 6.17. The molecule has 23 heavy (non-hydrogen) atoms. The smallest absolute Gasteiger partial charge is 0.127 e. The number of hydrogen-bond acceptors (Lipinski definition) is 2. The molecule has 3 rings (SSSR count). The van der Waals surface area contributed by atoms with E-state index in [1.54, 1.807) is 6.07 Å². The Morgan fingerprint density at radius 2 is 1.48 bits per heavy atom. The van der Waals surface area contributed by atoms with Gasteiger partial charge >= 0.3 is 0 Å². The highest BCUT2D eigenvalue weighted by Crippen LogP contribution is 2.24. The van der Waals surface area contributed by atoms with Gasteiger partial charge in [-0.1, -0.05) is 47.5 Å². The molecular weight excluding hydrogens is 329 g/mol. The first kappa shape index (κ1) is 15.7. The van der Waals surface area contributed by atoms with E-state index in [2.05, 4.69) is 5.32 Å². The van der Waals surface area contributed by atoms with Gasteiger partial charge in [0.25, 0.3) is 0 Å². The predicted molar refractivity (Wildman–Crippen MR) is 96.7 cm³/mol. The average molecular weight is 344 g/mol. The molecule has 0 aromatic heterocycles. The first-order valence-corrected chi connectivity index (χ1v) is 7.97. The van der Waals surface area contributed by atoms with Gasteiger partial charge in [0.15, 0.2) is 0 Å². The van der Waals surface area contributed by atoms with Gasteiger partial charge in [-0.2, -0.15) is 0 Å². The van der Waals surface area contributed by atoms with Crippen LogP contribution in [0.15, 0.2) is 72.8 Å². The fraction of sp³-hybridized carbons (Fsp3) is 0.0526. The summed E-state index contributed by atoms with van der Waals surface area (Å²) in [5, 5.41) is 4.63. The highest BCUT2D eigenvalue weighted by Gasteiger charge is 2.02. The zero-order chi connectivity index (χ0) is 16.1. The number of anilines is 1. The number of para-hydroxylation sites is 1. The molecule has 0 saturated carbocycles. The van der Waals surface area contributed by atoms with E-state index in [0.29, 0.717) is 16.6 Å². The fourth-order valence-electron chi connectivity index (χ4n) is 2.13. The zero-order valence-electron chi connectivity index (χ0n) is 12.3. The van der Waals surface area contributed by atoms with Gasteiger partial charge in [0.2, 0.25) is 0 Å². The lowest BCUT2D eigenvalue weighted by atomic mass is 10.2. The number of ether oxygens (including phenoxy) is 1. The van der Waals surface area contributed by atoms with E-state index in [0.717, 1.165) is 22.7 Å². The summed E-state index contributed by atoms with van der Waals surface area (Å²) in [6, 6.07) is 23.0. The summed E-state index contributed by atoms with van der Waals surface area (Å²) >= 11 is 12.1. The summed E-state index contributed by atoms with van der Waals surface area (Å²) in [5.74, 6) is 1.62. The highest BCUT2D eigenvalue weighted by atomic mass is 35.5. The molecule has 0 aliphatic rings. The maximum atomic E-state index is 6.17. The first-order valence-electron chi connectivity index (χ1n) is 7.21. The van der Waals surface area contributed by atoms with Crippen molar-refractivity contribution in [2.45, 2.75) is 6.54 Å². The van der Waals surface area contributed by atoms with Crippen molar-refractivity contribution in [3.05, 3.63) is 88.4 Å². The molecule has 0 radical (unpaired) electrons. The molecule has 0 amide bonds. The molecule has 0 bridgehead atoms. The summed E-state index contributed by atoms with van der Waals surface area (Å²) in [6.45, 7) is 0.634. The van der Waals surface area contributed by atoms with E-state index in [1.807, 2.05) is 66.7 Å². The zero-order valence-corrected chi connectivity index (χ0v) is 13.8. The molecule has 0 aliphatic heterocycles. The molecular formula is C19H15Cl2NO. The number of hydrogen-bond donors (Lipinski definition) is 1. The van der Waals surface area contributed by atoms with Gasteiger partial charge in [0, 0.05) is 22.3 Å². The normalized spacial score (nSPS) is 10.3. The highest BCUT2D eigenvalue weighted by molar-refractivity contribution is 6.35. The van der Waals surface area contributed by atoms with E-state index < -0.39 is 0 Å². The minimum atomic E-state index is 0.634. The third-order valence-corrected chi connectivity index (χ3v) is 3.92. The van der Waals surface area contributed by atoms with Crippen molar-refractivity contribution in [2.24, 2.45) is 0 Å². The van der Waals surface area contributed by atoms with Crippen LogP contribution in [0.25, 0.3) is 0 Å². The summed E-state index contributed by atoms with van der Waals surface area (Å²) < 4.78 is 5.76. The Bertz CT molecular complexity index is 773. The van der Waals surface area contributed by atoms with Crippen LogP contribution in [0.2, 0.25) is 10.0 Å². The summed E-state index contributed by atoms with van der Waals surface area (Å²) in [5.41, 5.74) is 2.00. The predicted octanol–water partition coefficient (Wildman–Crippen LogP) is 6.40. The van der Waals surface area contributed by atoms with Crippen molar-refractivity contribution < 1.29 is 4.74 Å². The van der Waals surface area contributed by atoms with Crippen molar-refractivity contribution in [3.63, 3.8) is 0 Å². The SMILES string of the molecule is Clc1ccc(CNc2ccc(Oc3ccccc3)cc2)c(Cl)c1. The van der Waals surface area contributed by atoms with Crippen molar-refractivity contribution in [3.8, 4) is 11.5 Å². The van der Waals surface area contributed by atoms with Gasteiger partial charge < -0.3 is 10.1 Å². The van der Waals surface area contributed by atoms with E-state index in [-0.39, 0.29) is 0 Å². The van der Waals surface area contributed by atoms with Crippen molar-refractivity contribution in [1.82, 2.24) is 0 Å². The van der Waals surface area contributed by atoms with Gasteiger partial charge in [0.1, 0.15) is 11.5 Å². The molecule has 1 N–H and O–H groups in total. The quantitative estimate of drug-likeness (QED) is 0.578. The molecule has 0 fully saturated rings. The number of rotatable bonds is 5. The topological polar surface area (TPSA) is 21.3 Å². The second-order valence-corrected chi connectivity index (χ2v) is 5.87. The molecule has 4 heteroatoms. The van der Waals surface area contributed by atoms with Crippen LogP contribution >= 0.6 is 23.2 Å². The largest absolute Gasteiger partial charge is 0.457 e. The number of nitrogens with one attached hydrogen (secondary N) is 1. The van der Waals surface area contributed by atoms with Gasteiger partial charge in [-0.3, -0.25) is 0 Å². The molecule has 0 atom stereocenters. The Balaban J connectivity index is 1.61. The number of halogens is 2. The lowest BCUT2D eigenvalue weighted by Crippen LogP contribution is -1.99. The van der Waals surface area contributed by atoms with Gasteiger partial charge in [-0.25, -0.2) is 0 Å². The van der Waals surface area contributed by atoms with Crippen LogP contribution in [0.3, 0.4) is 0 Å². The van der Waals surface area contributed by atoms with E-state index in [9.17, 15) is 0 Å². The molecule has 0 saturated heterocycles. The van der Waals surface area contributed by atoms with Crippen LogP contribution < -0.4 is 10.1 Å². The lowest BCUT2D eigenvalue weighted by Gasteiger charge is -2.10. The Morgan fingerprint density at radius 3 is 2.17 bits per heavy atom. The van der Waals surface area contributed by atoms with Crippen LogP contribution in [0, 0.1) is 0 Å². The van der Waals surface area contributed by atoms with Crippen molar-refractivity contribution in [2.75, 3.05) is 5.32 Å². The molecule has 0 aliphatic carbocycles. The molecule has 3 aromatic carbocycles. The van der Waals surface area contributed by atoms with E-state index in [4.69, 9.17) is 27.9 Å². The fourth-order valence-corrected chi connectivity index (χ4v) is 2.60. The summed E-state index contributed by atoms with van der Waals surface area (Å²) in [7, 11) is 0. The average Bonchev–Trinajstić information content (AvgIpc) is 2.56. The van der Waals surface area contributed by atoms with E-state index >= 15 is 0 Å². The van der Waals surface area contributed by atoms with Gasteiger partial charge in [-0.15, -0.1) is 0 Å². The summed E-state index contributed by atoms with van der Waals surface area (Å²) in [4.78, 5) is 0. The Morgan fingerprint density at radius 1 is 0.783 bits per heavy atom. The molecule has 0 unspecified atom stereocenters. The third kappa shape index (κ3) is 4.41. The Hall–Kier alpha value is -2.16. The minimum absolute atomic E-state index is 0.634. The molecule has 2 nitrogen and oxygen atoms in total. The van der Waals surface area contributed by atoms with Crippen LogP contribution in [0.5, 0.6) is 11.5 Å². The first-order chi connectivity index (χ1) is 11.2. The molecule has 0 heterocycles. The van der Waals surface area contributed by atoms with Crippen LogP contribution in [-0.4, -0.2) is 0 Å². The van der Waals surface area contributed by atoms with Gasteiger partial charge in [-0.05, 0) is 54.1 Å². The van der Waals surface area contributed by atoms with E-state index in [1.165, 1.54) is 0 Å². The second-order valence-electron chi connectivity index (χ2n) is 5.03. The second kappa shape index (κ2) is 7.40. The van der Waals surface area contributed by atoms with Crippen LogP contribution in [0.4, 0.5) is 5.69 Å². The lowest BCUT2D eigenvalue weighted by molar-refractivity contribution is 0.483. The number of benzene rings is 3. The standard InChI is InChI=1S/C19H15Cl2NO/c20-15-7-6-14(19(21)12-15)13-22-16-8-10-18(11-9-16)23-17-4-2-1-3-5-17/h1-12,22H,13H2. The van der Waals surface area contributed by atoms with Crippen molar-refractivity contribution >= 4 is 28.9 Å². The monoisotopic (exact) mass is 343 g/mol. The van der Waals surface area contributed by atoms with Gasteiger partial charge in [0.05, 0.1) is 0 Å². The molecule has 3 aromatic rings. The van der Waals surface area contributed by atoms with Crippen LogP contribution in [-0.2, 0) is 6.54 Å². The minimum Gasteiger partial charge on any atom is -0.457 e. The summed E-state index contributed by atoms with van der Waals surface area (Å²) in [6.07, 6.45) is 0. The van der Waals surface area contributed by atoms with Crippen LogP contribution in [0.1, 0.15) is 5.56 Å². The third-order valence-electron chi connectivity index (χ3n) is 3.33. The maximum Gasteiger partial charge on any atom is 0.127 e. The Kier molecular flexibility index (Phi) is 5.06. The molecule has 0 spiro atoms.